The van der Waals surface area contributed by atoms with Gasteiger partial charge in [0.2, 0.25) is 0 Å². The Hall–Kier alpha value is -1.17. The van der Waals surface area contributed by atoms with E-state index in [4.69, 9.17) is 9.63 Å². The highest BCUT2D eigenvalue weighted by molar-refractivity contribution is 7.13. The van der Waals surface area contributed by atoms with Crippen molar-refractivity contribution < 1.29 is 9.63 Å². The summed E-state index contributed by atoms with van der Waals surface area (Å²) < 4.78 is 5.39. The van der Waals surface area contributed by atoms with Crippen LogP contribution in [0.5, 0.6) is 0 Å². The monoisotopic (exact) mass is 278 g/mol. The zero-order valence-electron chi connectivity index (χ0n) is 10.8. The number of aliphatic hydroxyl groups is 1. The Morgan fingerprint density at radius 3 is 3.00 bits per heavy atom. The Kier molecular flexibility index (Phi) is 3.96. The van der Waals surface area contributed by atoms with E-state index in [0.29, 0.717) is 12.6 Å². The van der Waals surface area contributed by atoms with Crippen LogP contribution in [0, 0.1) is 0 Å². The second-order valence-corrected chi connectivity index (χ2v) is 5.89. The van der Waals surface area contributed by atoms with Crippen LogP contribution >= 0.6 is 11.3 Å². The van der Waals surface area contributed by atoms with Crippen molar-refractivity contribution in [3.05, 3.63) is 29.3 Å². The summed E-state index contributed by atoms with van der Waals surface area (Å²) in [6.07, 6.45) is 3.76. The van der Waals surface area contributed by atoms with E-state index < -0.39 is 0 Å². The molecule has 0 spiro atoms. The van der Waals surface area contributed by atoms with Gasteiger partial charge in [-0.1, -0.05) is 17.6 Å². The Labute approximate surface area is 116 Å². The molecule has 0 amide bonds. The van der Waals surface area contributed by atoms with Crippen molar-refractivity contribution in [2.45, 2.75) is 31.8 Å². The van der Waals surface area contributed by atoms with Crippen molar-refractivity contribution in [3.63, 3.8) is 0 Å². The second kappa shape index (κ2) is 5.86. The van der Waals surface area contributed by atoms with Crippen molar-refractivity contribution >= 4 is 11.3 Å². The van der Waals surface area contributed by atoms with E-state index in [9.17, 15) is 0 Å². The smallest absolute Gasteiger partial charge is 0.177 e. The molecule has 4 nitrogen and oxygen atoms in total. The first-order valence-electron chi connectivity index (χ1n) is 6.71. The van der Waals surface area contributed by atoms with E-state index >= 15 is 0 Å². The van der Waals surface area contributed by atoms with Gasteiger partial charge in [-0.2, -0.15) is 0 Å². The molecule has 0 aliphatic heterocycles. The minimum atomic E-state index is 0.201. The molecule has 1 saturated carbocycles. The van der Waals surface area contributed by atoms with Gasteiger partial charge in [0.15, 0.2) is 5.76 Å². The molecule has 1 aliphatic rings. The van der Waals surface area contributed by atoms with Gasteiger partial charge in [0.25, 0.3) is 0 Å². The molecule has 1 fully saturated rings. The van der Waals surface area contributed by atoms with Crippen LogP contribution < -0.4 is 0 Å². The Morgan fingerprint density at radius 2 is 2.37 bits per heavy atom. The topological polar surface area (TPSA) is 49.5 Å². The van der Waals surface area contributed by atoms with Crippen LogP contribution in [0.4, 0.5) is 0 Å². The molecule has 5 heteroatoms. The predicted molar refractivity (Wildman–Crippen MR) is 75.0 cm³/mol. The molecule has 1 N–H and O–H groups in total. The summed E-state index contributed by atoms with van der Waals surface area (Å²) in [5.74, 6) is 0.836. The third-order valence-corrected chi connectivity index (χ3v) is 4.55. The molecule has 0 saturated heterocycles. The summed E-state index contributed by atoms with van der Waals surface area (Å²) in [5.41, 5.74) is 0.948. The average molecular weight is 278 g/mol. The van der Waals surface area contributed by atoms with Crippen LogP contribution in [0.25, 0.3) is 10.6 Å². The molecule has 0 bridgehead atoms. The van der Waals surface area contributed by atoms with Gasteiger partial charge in [-0.3, -0.25) is 4.90 Å². The molecule has 0 unspecified atom stereocenters. The van der Waals surface area contributed by atoms with Gasteiger partial charge >= 0.3 is 0 Å². The number of rotatable bonds is 6. The minimum Gasteiger partial charge on any atom is -0.395 e. The van der Waals surface area contributed by atoms with Crippen molar-refractivity contribution in [1.29, 1.82) is 0 Å². The van der Waals surface area contributed by atoms with E-state index in [0.717, 1.165) is 22.9 Å². The zero-order chi connectivity index (χ0) is 13.1. The highest BCUT2D eigenvalue weighted by atomic mass is 32.1. The largest absolute Gasteiger partial charge is 0.395 e. The van der Waals surface area contributed by atoms with Crippen LogP contribution in [-0.4, -0.2) is 34.4 Å². The maximum absolute atomic E-state index is 9.15. The lowest BCUT2D eigenvalue weighted by atomic mass is 9.91. The van der Waals surface area contributed by atoms with Gasteiger partial charge in [0.05, 0.1) is 17.2 Å². The van der Waals surface area contributed by atoms with E-state index in [2.05, 4.69) is 10.1 Å². The molecule has 2 aromatic heterocycles. The number of thiophene rings is 1. The average Bonchev–Trinajstić information content (AvgIpc) is 2.95. The molecular formula is C14H18N2O2S. The maximum atomic E-state index is 9.15. The fraction of sp³-hybridized carbons (Fsp3) is 0.500. The first kappa shape index (κ1) is 12.8. The predicted octanol–water partition coefficient (Wildman–Crippen LogP) is 2.75. The highest BCUT2D eigenvalue weighted by Crippen LogP contribution is 2.28. The molecule has 1 aliphatic carbocycles. The van der Waals surface area contributed by atoms with Gasteiger partial charge in [-0.15, -0.1) is 11.3 Å². The van der Waals surface area contributed by atoms with Crippen molar-refractivity contribution in [1.82, 2.24) is 10.1 Å². The summed E-state index contributed by atoms with van der Waals surface area (Å²) in [7, 11) is 0. The molecule has 19 heavy (non-hydrogen) atoms. The van der Waals surface area contributed by atoms with Crippen LogP contribution in [0.15, 0.2) is 28.1 Å². The molecule has 3 rings (SSSR count). The number of hydrogen-bond donors (Lipinski definition) is 1. The summed E-state index contributed by atoms with van der Waals surface area (Å²) in [6, 6.07) is 6.66. The summed E-state index contributed by atoms with van der Waals surface area (Å²) in [5, 5.41) is 15.3. The standard InChI is InChI=1S/C14H18N2O2S/c17-7-6-16(12-3-1-4-12)10-11-9-13(18-15-11)14-5-2-8-19-14/h2,5,8-9,12,17H,1,3-4,6-7,10H2. The fourth-order valence-electron chi connectivity index (χ4n) is 2.40. The van der Waals surface area contributed by atoms with Gasteiger partial charge in [0, 0.05) is 25.2 Å². The van der Waals surface area contributed by atoms with Crippen molar-refractivity contribution in [3.8, 4) is 10.6 Å². The molecule has 0 atom stereocenters. The number of aliphatic hydroxyl groups excluding tert-OH is 1. The minimum absolute atomic E-state index is 0.201. The number of aromatic nitrogens is 1. The van der Waals surface area contributed by atoms with E-state index in [1.165, 1.54) is 19.3 Å². The third-order valence-electron chi connectivity index (χ3n) is 3.67. The highest BCUT2D eigenvalue weighted by Gasteiger charge is 2.25. The van der Waals surface area contributed by atoms with E-state index in [-0.39, 0.29) is 6.61 Å². The number of nitrogens with zero attached hydrogens (tertiary/aromatic N) is 2. The third kappa shape index (κ3) is 2.88. The molecular weight excluding hydrogens is 260 g/mol. The van der Waals surface area contributed by atoms with Crippen molar-refractivity contribution in [2.75, 3.05) is 13.2 Å². The van der Waals surface area contributed by atoms with Crippen LogP contribution in [-0.2, 0) is 6.54 Å². The molecule has 2 aromatic rings. The first-order chi connectivity index (χ1) is 9.36. The Bertz CT molecular complexity index is 505. The lowest BCUT2D eigenvalue weighted by molar-refractivity contribution is 0.0923. The van der Waals surface area contributed by atoms with Gasteiger partial charge in [-0.25, -0.2) is 0 Å². The zero-order valence-corrected chi connectivity index (χ0v) is 11.6. The maximum Gasteiger partial charge on any atom is 0.177 e. The van der Waals surface area contributed by atoms with Crippen molar-refractivity contribution in [2.24, 2.45) is 0 Å². The van der Waals surface area contributed by atoms with Gasteiger partial charge in [0.1, 0.15) is 0 Å². The Balaban J connectivity index is 1.68. The quantitative estimate of drug-likeness (QED) is 0.882. The fourth-order valence-corrected chi connectivity index (χ4v) is 3.07. The van der Waals surface area contributed by atoms with E-state index in [1.54, 1.807) is 11.3 Å². The molecule has 0 aromatic carbocycles. The second-order valence-electron chi connectivity index (χ2n) is 4.94. The number of hydrogen-bond acceptors (Lipinski definition) is 5. The van der Waals surface area contributed by atoms with E-state index in [1.807, 2.05) is 23.6 Å². The molecule has 2 heterocycles. The van der Waals surface area contributed by atoms with Gasteiger partial charge < -0.3 is 9.63 Å². The molecule has 0 radical (unpaired) electrons. The van der Waals surface area contributed by atoms with Crippen LogP contribution in [0.1, 0.15) is 25.0 Å². The first-order valence-corrected chi connectivity index (χ1v) is 7.59. The van der Waals surface area contributed by atoms with Crippen LogP contribution in [0.3, 0.4) is 0 Å². The SMILES string of the molecule is OCCN(Cc1cc(-c2cccs2)on1)C1CCC1. The summed E-state index contributed by atoms with van der Waals surface area (Å²) in [6.45, 7) is 1.68. The molecule has 102 valence electrons. The lowest BCUT2D eigenvalue weighted by Gasteiger charge is -2.36. The van der Waals surface area contributed by atoms with Crippen LogP contribution in [0.2, 0.25) is 0 Å². The normalized spacial score (nSPS) is 15.9. The van der Waals surface area contributed by atoms with Gasteiger partial charge in [-0.05, 0) is 24.3 Å². The lowest BCUT2D eigenvalue weighted by Crippen LogP contribution is -2.41. The summed E-state index contributed by atoms with van der Waals surface area (Å²) in [4.78, 5) is 3.41. The Morgan fingerprint density at radius 1 is 1.47 bits per heavy atom. The summed E-state index contributed by atoms with van der Waals surface area (Å²) >= 11 is 1.65.